The Hall–Kier alpha value is -1.98. The lowest BCUT2D eigenvalue weighted by molar-refractivity contribution is -0.239. The average molecular weight is 348 g/mol. The predicted octanol–water partition coefficient (Wildman–Crippen LogP) is 5.96. The van der Waals surface area contributed by atoms with Gasteiger partial charge in [0, 0.05) is 6.92 Å². The van der Waals surface area contributed by atoms with Crippen molar-refractivity contribution in [1.82, 2.24) is 0 Å². The highest BCUT2D eigenvalue weighted by Crippen LogP contribution is 2.55. The van der Waals surface area contributed by atoms with Crippen LogP contribution in [0.1, 0.15) is 29.2 Å². The first-order valence-electron chi connectivity index (χ1n) is 7.09. The zero-order valence-electron chi connectivity index (χ0n) is 13.4. The minimum absolute atomic E-state index is 0. The normalized spacial score (nSPS) is 12.7. The lowest BCUT2D eigenvalue weighted by Gasteiger charge is -2.41. The van der Waals surface area contributed by atoms with Gasteiger partial charge in [0.1, 0.15) is 0 Å². The smallest absolute Gasteiger partial charge is 0.269 e. The summed E-state index contributed by atoms with van der Waals surface area (Å²) < 4.78 is 70.7. The molecule has 0 heterocycles. The van der Waals surface area contributed by atoms with E-state index in [-0.39, 0.29) is 4.70 Å². The van der Waals surface area contributed by atoms with Gasteiger partial charge in [-0.1, -0.05) is 59.7 Å². The summed E-state index contributed by atoms with van der Waals surface area (Å²) in [5, 5.41) is 0. The van der Waals surface area contributed by atoms with E-state index in [4.69, 9.17) is 0 Å². The second-order valence-corrected chi connectivity index (χ2v) is 5.87. The van der Waals surface area contributed by atoms with Gasteiger partial charge in [0.15, 0.2) is 5.41 Å². The summed E-state index contributed by atoms with van der Waals surface area (Å²) in [6.07, 6.45) is -5.16. The van der Waals surface area contributed by atoms with E-state index in [0.29, 0.717) is 18.1 Å². The van der Waals surface area contributed by atoms with Gasteiger partial charge in [-0.25, -0.2) is 8.78 Å². The molecule has 0 nitrogen and oxygen atoms in total. The molecule has 2 rings (SSSR count). The molecule has 0 amide bonds. The highest BCUT2D eigenvalue weighted by molar-refractivity contribution is 5.46. The van der Waals surface area contributed by atoms with Crippen molar-refractivity contribution in [3.63, 3.8) is 0 Å². The van der Waals surface area contributed by atoms with E-state index in [1.807, 2.05) is 0 Å². The maximum Gasteiger partial charge on any atom is 0.408 e. The Balaban J connectivity index is 0.00000288. The fourth-order valence-corrected chi connectivity index (χ4v) is 2.86. The Morgan fingerprint density at radius 3 is 1.12 bits per heavy atom. The Morgan fingerprint density at radius 1 is 0.625 bits per heavy atom. The third-order valence-corrected chi connectivity index (χ3v) is 4.05. The topological polar surface area (TPSA) is 0 Å². The number of alkyl halides is 5. The van der Waals surface area contributed by atoms with Crippen LogP contribution in [0, 0.1) is 13.8 Å². The molecule has 0 unspecified atom stereocenters. The van der Waals surface area contributed by atoms with Gasteiger partial charge in [-0.15, -0.1) is 0 Å². The van der Waals surface area contributed by atoms with Crippen LogP contribution in [0.25, 0.3) is 0 Å². The summed E-state index contributed by atoms with van der Waals surface area (Å²) in [7, 11) is 0. The maximum atomic E-state index is 14.4. The number of rotatable bonds is 3. The van der Waals surface area contributed by atoms with E-state index in [1.54, 1.807) is 13.8 Å². The van der Waals surface area contributed by atoms with Gasteiger partial charge >= 0.3 is 6.18 Å². The molecular weight excluding hydrogens is 330 g/mol. The number of hydrogen-bond donors (Lipinski definition) is 0. The Kier molecular flexibility index (Phi) is 5.43. The predicted molar refractivity (Wildman–Crippen MR) is 82.3 cm³/mol. The average Bonchev–Trinajstić information content (AvgIpc) is 2.40. The summed E-state index contributed by atoms with van der Waals surface area (Å²) in [4.78, 5) is 0. The summed E-state index contributed by atoms with van der Waals surface area (Å²) in [6, 6.07) is 10.2. The first kappa shape index (κ1) is 20.1. The molecule has 24 heavy (non-hydrogen) atoms. The first-order chi connectivity index (χ1) is 10.5. The maximum absolute atomic E-state index is 14.4. The molecule has 6 heteroatoms. The second kappa shape index (κ2) is 6.49. The standard InChI is InChI=1S/C18H17F5.FH/c1-12-4-8-14(9-5-12)17(16(3,19)20,18(21,22)23)15-10-6-13(2)7-11-15;/h4-11H,1-3H3;1H. The monoisotopic (exact) mass is 348 g/mol. The van der Waals surface area contributed by atoms with E-state index < -0.39 is 28.6 Å². The molecule has 0 atom stereocenters. The van der Waals surface area contributed by atoms with Crippen molar-refractivity contribution >= 4 is 0 Å². The van der Waals surface area contributed by atoms with Crippen molar-refractivity contribution in [1.29, 1.82) is 0 Å². The van der Waals surface area contributed by atoms with Gasteiger partial charge in [0.25, 0.3) is 5.92 Å². The van der Waals surface area contributed by atoms with Crippen LogP contribution >= 0.6 is 0 Å². The van der Waals surface area contributed by atoms with Crippen LogP contribution in [-0.4, -0.2) is 12.1 Å². The fraction of sp³-hybridized carbons (Fsp3) is 0.333. The van der Waals surface area contributed by atoms with Crippen molar-refractivity contribution in [3.8, 4) is 0 Å². The van der Waals surface area contributed by atoms with Gasteiger partial charge in [-0.2, -0.15) is 13.2 Å². The van der Waals surface area contributed by atoms with Crippen molar-refractivity contribution in [2.24, 2.45) is 0 Å². The number of benzene rings is 2. The lowest BCUT2D eigenvalue weighted by atomic mass is 9.69. The third-order valence-electron chi connectivity index (χ3n) is 4.05. The van der Waals surface area contributed by atoms with Crippen LogP contribution < -0.4 is 0 Å². The molecule has 0 saturated heterocycles. The fourth-order valence-electron chi connectivity index (χ4n) is 2.86. The highest BCUT2D eigenvalue weighted by Gasteiger charge is 2.69. The molecule has 0 saturated carbocycles. The van der Waals surface area contributed by atoms with Gasteiger partial charge in [-0.05, 0) is 25.0 Å². The molecule has 0 aliphatic rings. The lowest BCUT2D eigenvalue weighted by Crippen LogP contribution is -2.55. The highest BCUT2D eigenvalue weighted by atomic mass is 19.4. The summed E-state index contributed by atoms with van der Waals surface area (Å²) >= 11 is 0. The molecular formula is C18H18F6. The van der Waals surface area contributed by atoms with Crippen LogP contribution in [0.3, 0.4) is 0 Å². The van der Waals surface area contributed by atoms with E-state index in [2.05, 4.69) is 0 Å². The summed E-state index contributed by atoms with van der Waals surface area (Å²) in [6.45, 7) is 3.70. The quantitative estimate of drug-likeness (QED) is 0.601. The van der Waals surface area contributed by atoms with Crippen molar-refractivity contribution in [2.75, 3.05) is 0 Å². The van der Waals surface area contributed by atoms with Crippen molar-refractivity contribution in [2.45, 2.75) is 38.3 Å². The largest absolute Gasteiger partial charge is 0.408 e. The SMILES string of the molecule is Cc1ccc(C(c2ccc(C)cc2)(C(C)(F)F)C(F)(F)F)cc1.F. The van der Waals surface area contributed by atoms with Crippen LogP contribution in [0.15, 0.2) is 48.5 Å². The Bertz CT molecular complexity index is 601. The molecule has 0 aliphatic heterocycles. The zero-order valence-corrected chi connectivity index (χ0v) is 13.4. The molecule has 0 bridgehead atoms. The van der Waals surface area contributed by atoms with Crippen LogP contribution in [0.5, 0.6) is 0 Å². The van der Waals surface area contributed by atoms with Gasteiger partial charge < -0.3 is 0 Å². The molecule has 0 aromatic heterocycles. The zero-order chi connectivity index (χ0) is 17.5. The number of halogens is 6. The molecule has 132 valence electrons. The van der Waals surface area contributed by atoms with E-state index in [1.165, 1.54) is 24.3 Å². The molecule has 0 radical (unpaired) electrons. The Morgan fingerprint density at radius 2 is 0.917 bits per heavy atom. The van der Waals surface area contributed by atoms with Gasteiger partial charge in [-0.3, -0.25) is 4.70 Å². The Labute approximate surface area is 136 Å². The van der Waals surface area contributed by atoms with Crippen LogP contribution in [-0.2, 0) is 5.41 Å². The molecule has 0 N–H and O–H groups in total. The van der Waals surface area contributed by atoms with Gasteiger partial charge in [0.05, 0.1) is 0 Å². The molecule has 0 aliphatic carbocycles. The number of hydrogen-bond acceptors (Lipinski definition) is 0. The van der Waals surface area contributed by atoms with E-state index >= 15 is 0 Å². The minimum atomic E-state index is -5.16. The third kappa shape index (κ3) is 3.14. The summed E-state index contributed by atoms with van der Waals surface area (Å²) in [5.41, 5.74) is -2.92. The van der Waals surface area contributed by atoms with Gasteiger partial charge in [0.2, 0.25) is 0 Å². The van der Waals surface area contributed by atoms with E-state index in [9.17, 15) is 22.0 Å². The van der Waals surface area contributed by atoms with Crippen LogP contribution in [0.4, 0.5) is 26.7 Å². The van der Waals surface area contributed by atoms with Crippen molar-refractivity contribution < 1.29 is 26.7 Å². The van der Waals surface area contributed by atoms with Crippen LogP contribution in [0.2, 0.25) is 0 Å². The minimum Gasteiger partial charge on any atom is -0.269 e. The van der Waals surface area contributed by atoms with Crippen molar-refractivity contribution in [3.05, 3.63) is 70.8 Å². The molecule has 2 aromatic carbocycles. The molecule has 2 aromatic rings. The second-order valence-electron chi connectivity index (χ2n) is 5.87. The first-order valence-corrected chi connectivity index (χ1v) is 7.09. The molecule has 0 spiro atoms. The number of aryl methyl sites for hydroxylation is 2. The summed E-state index contributed by atoms with van der Waals surface area (Å²) in [5.74, 6) is -4.03. The van der Waals surface area contributed by atoms with E-state index in [0.717, 1.165) is 24.3 Å². The molecule has 0 fully saturated rings.